The predicted molar refractivity (Wildman–Crippen MR) is 56.3 cm³/mol. The number of halogens is 1. The van der Waals surface area contributed by atoms with Gasteiger partial charge in [0, 0.05) is 23.4 Å². The minimum absolute atomic E-state index is 0.262. The highest BCUT2D eigenvalue weighted by atomic mass is 32.2. The Bertz CT molecular complexity index is 549. The quantitative estimate of drug-likeness (QED) is 0.810. The van der Waals surface area contributed by atoms with Gasteiger partial charge in [-0.15, -0.1) is 0 Å². The van der Waals surface area contributed by atoms with Crippen LogP contribution in [0.4, 0.5) is 4.39 Å². The average molecular weight is 245 g/mol. The van der Waals surface area contributed by atoms with Gasteiger partial charge >= 0.3 is 0 Å². The molecule has 0 aromatic heterocycles. The number of phenolic OH excluding ortho intramolecular Hbond substituents is 1. The van der Waals surface area contributed by atoms with Crippen LogP contribution in [0.2, 0.25) is 0 Å². The molecule has 0 amide bonds. The standard InChI is InChI=1S/C10H12FNO3S/c1-16(14,15)9-5-8(13)6(4-7(9)11)10(12)2-3-10/h4-5,13H,2-3,12H2,1H3. The molecule has 0 aliphatic heterocycles. The molecular formula is C10H12FNO3S. The Kier molecular flexibility index (Phi) is 2.25. The lowest BCUT2D eigenvalue weighted by Gasteiger charge is -2.13. The molecule has 0 bridgehead atoms. The summed E-state index contributed by atoms with van der Waals surface area (Å²) in [6.07, 6.45) is 2.22. The zero-order valence-corrected chi connectivity index (χ0v) is 9.51. The molecule has 1 aromatic rings. The van der Waals surface area contributed by atoms with Crippen LogP contribution in [0.5, 0.6) is 5.75 Å². The smallest absolute Gasteiger partial charge is 0.178 e. The summed E-state index contributed by atoms with van der Waals surface area (Å²) in [6, 6.07) is 1.94. The number of nitrogens with two attached hydrogens (primary N) is 1. The average Bonchev–Trinajstić information content (AvgIpc) is 2.86. The van der Waals surface area contributed by atoms with E-state index >= 15 is 0 Å². The largest absolute Gasteiger partial charge is 0.508 e. The van der Waals surface area contributed by atoms with Gasteiger partial charge < -0.3 is 10.8 Å². The molecule has 0 saturated heterocycles. The van der Waals surface area contributed by atoms with Crippen LogP contribution in [0.3, 0.4) is 0 Å². The zero-order valence-electron chi connectivity index (χ0n) is 8.70. The molecule has 0 heterocycles. The van der Waals surface area contributed by atoms with Gasteiger partial charge in [0.05, 0.1) is 0 Å². The molecule has 88 valence electrons. The number of benzene rings is 1. The second kappa shape index (κ2) is 3.18. The van der Waals surface area contributed by atoms with Crippen molar-refractivity contribution in [2.24, 2.45) is 5.73 Å². The molecule has 1 aliphatic rings. The Labute approximate surface area is 92.8 Å². The van der Waals surface area contributed by atoms with Crippen LogP contribution >= 0.6 is 0 Å². The molecule has 3 N–H and O–H groups in total. The van der Waals surface area contributed by atoms with Gasteiger partial charge in [0.15, 0.2) is 9.84 Å². The zero-order chi connectivity index (χ0) is 12.1. The molecule has 4 nitrogen and oxygen atoms in total. The first-order valence-corrected chi connectivity index (χ1v) is 6.65. The third-order valence-electron chi connectivity index (χ3n) is 2.77. The highest BCUT2D eigenvalue weighted by molar-refractivity contribution is 7.90. The lowest BCUT2D eigenvalue weighted by Crippen LogP contribution is -2.19. The summed E-state index contributed by atoms with van der Waals surface area (Å²) in [4.78, 5) is -0.502. The van der Waals surface area contributed by atoms with Crippen molar-refractivity contribution < 1.29 is 17.9 Å². The summed E-state index contributed by atoms with van der Waals surface area (Å²) in [7, 11) is -3.67. The van der Waals surface area contributed by atoms with E-state index in [2.05, 4.69) is 0 Å². The molecule has 0 unspecified atom stereocenters. The molecule has 1 saturated carbocycles. The first-order chi connectivity index (χ1) is 7.24. The van der Waals surface area contributed by atoms with Crippen LogP contribution in [-0.2, 0) is 15.4 Å². The summed E-state index contributed by atoms with van der Waals surface area (Å²) >= 11 is 0. The summed E-state index contributed by atoms with van der Waals surface area (Å²) in [5.74, 6) is -1.13. The van der Waals surface area contributed by atoms with E-state index in [1.807, 2.05) is 0 Å². The predicted octanol–water partition coefficient (Wildman–Crippen LogP) is 0.883. The van der Waals surface area contributed by atoms with Crippen molar-refractivity contribution in [2.45, 2.75) is 23.3 Å². The Morgan fingerprint density at radius 3 is 2.44 bits per heavy atom. The van der Waals surface area contributed by atoms with E-state index in [-0.39, 0.29) is 11.3 Å². The summed E-state index contributed by atoms with van der Waals surface area (Å²) in [5, 5.41) is 9.64. The molecule has 0 radical (unpaired) electrons. The topological polar surface area (TPSA) is 80.4 Å². The van der Waals surface area contributed by atoms with Gasteiger partial charge in [0.25, 0.3) is 0 Å². The lowest BCUT2D eigenvalue weighted by atomic mass is 10.0. The molecule has 0 atom stereocenters. The van der Waals surface area contributed by atoms with Gasteiger partial charge in [-0.3, -0.25) is 0 Å². The van der Waals surface area contributed by atoms with Crippen molar-refractivity contribution in [3.05, 3.63) is 23.5 Å². The van der Waals surface area contributed by atoms with Gasteiger partial charge in [0.1, 0.15) is 16.5 Å². The normalized spacial score (nSPS) is 18.4. The molecular weight excluding hydrogens is 233 g/mol. The minimum atomic E-state index is -3.67. The van der Waals surface area contributed by atoms with Crippen molar-refractivity contribution in [3.63, 3.8) is 0 Å². The summed E-state index contributed by atoms with van der Waals surface area (Å²) in [5.41, 5.74) is 5.40. The molecule has 1 aliphatic carbocycles. The summed E-state index contributed by atoms with van der Waals surface area (Å²) < 4.78 is 35.9. The number of sulfone groups is 1. The fraction of sp³-hybridized carbons (Fsp3) is 0.400. The van der Waals surface area contributed by atoms with E-state index < -0.39 is 26.1 Å². The van der Waals surface area contributed by atoms with Crippen LogP contribution in [0, 0.1) is 5.82 Å². The van der Waals surface area contributed by atoms with Gasteiger partial charge in [-0.1, -0.05) is 0 Å². The maximum absolute atomic E-state index is 13.5. The lowest BCUT2D eigenvalue weighted by molar-refractivity contribution is 0.451. The molecule has 0 spiro atoms. The SMILES string of the molecule is CS(=O)(=O)c1cc(O)c(C2(N)CC2)cc1F. The van der Waals surface area contributed by atoms with Crippen molar-refractivity contribution >= 4 is 9.84 Å². The molecule has 16 heavy (non-hydrogen) atoms. The Morgan fingerprint density at radius 1 is 1.44 bits per heavy atom. The van der Waals surface area contributed by atoms with E-state index in [1.165, 1.54) is 0 Å². The third kappa shape index (κ3) is 1.78. The number of rotatable bonds is 2. The van der Waals surface area contributed by atoms with E-state index in [9.17, 15) is 17.9 Å². The monoisotopic (exact) mass is 245 g/mol. The van der Waals surface area contributed by atoms with E-state index in [0.717, 1.165) is 18.4 Å². The van der Waals surface area contributed by atoms with Gasteiger partial charge in [-0.25, -0.2) is 12.8 Å². The number of hydrogen-bond acceptors (Lipinski definition) is 4. The molecule has 1 aromatic carbocycles. The van der Waals surface area contributed by atoms with Crippen LogP contribution in [-0.4, -0.2) is 19.8 Å². The van der Waals surface area contributed by atoms with Crippen LogP contribution in [0.1, 0.15) is 18.4 Å². The van der Waals surface area contributed by atoms with Gasteiger partial charge in [-0.05, 0) is 18.9 Å². The molecule has 6 heteroatoms. The highest BCUT2D eigenvalue weighted by Crippen LogP contribution is 2.47. The van der Waals surface area contributed by atoms with Gasteiger partial charge in [-0.2, -0.15) is 0 Å². The third-order valence-corrected chi connectivity index (χ3v) is 3.89. The second-order valence-corrected chi connectivity index (χ2v) is 6.21. The van der Waals surface area contributed by atoms with Crippen LogP contribution < -0.4 is 5.73 Å². The van der Waals surface area contributed by atoms with Crippen LogP contribution in [0.15, 0.2) is 17.0 Å². The fourth-order valence-electron chi connectivity index (χ4n) is 1.63. The second-order valence-electron chi connectivity index (χ2n) is 4.23. The number of aromatic hydroxyl groups is 1. The van der Waals surface area contributed by atoms with Crippen molar-refractivity contribution in [3.8, 4) is 5.75 Å². The fourth-order valence-corrected chi connectivity index (χ4v) is 2.37. The van der Waals surface area contributed by atoms with Crippen molar-refractivity contribution in [1.82, 2.24) is 0 Å². The molecule has 2 rings (SSSR count). The number of hydrogen-bond donors (Lipinski definition) is 2. The van der Waals surface area contributed by atoms with Crippen LogP contribution in [0.25, 0.3) is 0 Å². The molecule has 1 fully saturated rings. The Morgan fingerprint density at radius 2 is 2.00 bits per heavy atom. The first kappa shape index (κ1) is 11.3. The van der Waals surface area contributed by atoms with E-state index in [1.54, 1.807) is 0 Å². The Balaban J connectivity index is 2.60. The Hall–Kier alpha value is -1.14. The van der Waals surface area contributed by atoms with Gasteiger partial charge in [0.2, 0.25) is 0 Å². The van der Waals surface area contributed by atoms with E-state index in [0.29, 0.717) is 12.8 Å². The van der Waals surface area contributed by atoms with Crippen molar-refractivity contribution in [2.75, 3.05) is 6.26 Å². The maximum Gasteiger partial charge on any atom is 0.178 e. The number of phenols is 1. The first-order valence-electron chi connectivity index (χ1n) is 4.76. The van der Waals surface area contributed by atoms with E-state index in [4.69, 9.17) is 5.73 Å². The van der Waals surface area contributed by atoms with Crippen molar-refractivity contribution in [1.29, 1.82) is 0 Å². The summed E-state index contributed by atoms with van der Waals surface area (Å²) in [6.45, 7) is 0. The highest BCUT2D eigenvalue weighted by Gasteiger charge is 2.42. The maximum atomic E-state index is 13.5. The minimum Gasteiger partial charge on any atom is -0.508 e.